The normalized spacial score (nSPS) is 27.1. The minimum Gasteiger partial charge on any atom is -0.392 e. The molecule has 5 fully saturated rings. The predicted molar refractivity (Wildman–Crippen MR) is 474 cm³/mol. The molecule has 708 valence electrons. The van der Waals surface area contributed by atoms with Crippen molar-refractivity contribution in [1.82, 2.24) is 78.0 Å². The number of hydrogen-bond donors (Lipinski definition) is 18. The molecule has 25 unspecified atom stereocenters. The van der Waals surface area contributed by atoms with E-state index >= 15 is 0 Å². The summed E-state index contributed by atoms with van der Waals surface area (Å²) in [6.45, 7) is 6.71. The molecule has 11 aromatic heterocycles. The molecule has 25 atom stereocenters. The number of hydrogen-bond acceptors (Lipinski definition) is 32. The molecule has 0 bridgehead atoms. The molecule has 38 nitrogen and oxygen atoms in total. The van der Waals surface area contributed by atoms with Gasteiger partial charge in [-0.25, -0.2) is 58.0 Å². The summed E-state index contributed by atoms with van der Waals surface area (Å²) in [6.07, 6.45) is -7.93. The lowest BCUT2D eigenvalue weighted by Crippen LogP contribution is -2.38. The van der Waals surface area contributed by atoms with Gasteiger partial charge in [0.15, 0.2) is 31.1 Å². The summed E-state index contributed by atoms with van der Waals surface area (Å²) in [5, 5.41) is 164. The van der Waals surface area contributed by atoms with Crippen LogP contribution in [0, 0.1) is 38.2 Å². The smallest absolute Gasteiger partial charge is 0.248 e. The molecule has 0 amide bonds. The van der Waals surface area contributed by atoms with Crippen LogP contribution < -0.4 is 16.6 Å². The van der Waals surface area contributed by atoms with E-state index in [1.54, 1.807) is 103 Å². The Morgan fingerprint density at radius 1 is 0.444 bits per heavy atom. The topological polar surface area (TPSA) is 561 Å². The van der Waals surface area contributed by atoms with Crippen molar-refractivity contribution in [3.8, 4) is 0 Å². The van der Waals surface area contributed by atoms with Gasteiger partial charge in [0.25, 0.3) is 0 Å². The van der Waals surface area contributed by atoms with E-state index in [4.69, 9.17) is 52.6 Å². The molecular weight excluding hydrogens is 1810 g/mol. The zero-order valence-electron chi connectivity index (χ0n) is 71.7. The summed E-state index contributed by atoms with van der Waals surface area (Å²) in [5.74, 6) is -1.91. The minimum absolute atomic E-state index is 0.0183. The van der Waals surface area contributed by atoms with Gasteiger partial charge in [-0.05, 0) is 152 Å². The quantitative estimate of drug-likeness (QED) is 0.0607. The van der Waals surface area contributed by atoms with E-state index in [-0.39, 0.29) is 38.0 Å². The Kier molecular flexibility index (Phi) is 28.2. The maximum atomic E-state index is 13.7. The molecule has 0 spiro atoms. The first kappa shape index (κ1) is 95.2. The number of pyridine rings is 2. The van der Waals surface area contributed by atoms with Crippen molar-refractivity contribution in [2.24, 2.45) is 5.73 Å². The highest BCUT2D eigenvalue weighted by molar-refractivity contribution is 6.31. The maximum Gasteiger partial charge on any atom is 0.248 e. The first-order valence-corrected chi connectivity index (χ1v) is 43.5. The molecule has 43 heteroatoms. The van der Waals surface area contributed by atoms with Gasteiger partial charge in [-0.15, -0.1) is 0 Å². The monoisotopic (exact) mass is 1900 g/mol. The largest absolute Gasteiger partial charge is 0.392 e. The van der Waals surface area contributed by atoms with Gasteiger partial charge < -0.3 is 139 Å². The van der Waals surface area contributed by atoms with Gasteiger partial charge in [0.2, 0.25) is 5.56 Å². The van der Waals surface area contributed by atoms with Crippen LogP contribution in [-0.2, 0) is 43.3 Å². The van der Waals surface area contributed by atoms with Crippen LogP contribution in [0.2, 0.25) is 10.0 Å². The molecule has 0 radical (unpaired) electrons. The van der Waals surface area contributed by atoms with Crippen LogP contribution in [0.4, 0.5) is 13.2 Å². The van der Waals surface area contributed by atoms with Crippen molar-refractivity contribution in [3.63, 3.8) is 0 Å². The average molecular weight is 1900 g/mol. The fraction of sp³-hybridized carbons (Fsp3) is 0.348. The Bertz CT molecular complexity index is 6670. The Hall–Kier alpha value is -11.5. The van der Waals surface area contributed by atoms with E-state index in [1.807, 2.05) is 45.0 Å². The summed E-state index contributed by atoms with van der Waals surface area (Å²) in [5.41, 5.74) is 15.3. The zero-order valence-corrected chi connectivity index (χ0v) is 73.2. The second-order valence-corrected chi connectivity index (χ2v) is 34.2. The first-order valence-electron chi connectivity index (χ1n) is 42.8. The van der Waals surface area contributed by atoms with Crippen LogP contribution in [0.1, 0.15) is 123 Å². The molecule has 17 heterocycles. The number of nitrogens with two attached hydrogens (primary N) is 1. The highest BCUT2D eigenvalue weighted by Gasteiger charge is 2.53. The number of aliphatic hydroxyl groups is 15. The van der Waals surface area contributed by atoms with Gasteiger partial charge in [0, 0.05) is 100 Å². The molecule has 6 aliphatic rings. The zero-order chi connectivity index (χ0) is 95.4. The van der Waals surface area contributed by atoms with Crippen molar-refractivity contribution in [2.45, 2.75) is 194 Å². The number of aromatic amines is 1. The number of nitrogens with one attached hydrogen (secondary N) is 2. The molecule has 0 aliphatic carbocycles. The van der Waals surface area contributed by atoms with Gasteiger partial charge in [-0.3, -0.25) is 4.79 Å². The average Bonchev–Trinajstić information content (AvgIpc) is 1.90. The summed E-state index contributed by atoms with van der Waals surface area (Å²) in [6, 6.07) is 32.0. The van der Waals surface area contributed by atoms with E-state index in [0.717, 1.165) is 80.1 Å². The van der Waals surface area contributed by atoms with Crippen LogP contribution in [-0.4, -0.2) is 247 Å². The van der Waals surface area contributed by atoms with E-state index in [0.29, 0.717) is 40.3 Å². The van der Waals surface area contributed by atoms with Gasteiger partial charge in [0.05, 0.1) is 34.1 Å². The standard InChI is InChI=1S/C22H25N3O4.C19H20FN3O5.C17H16ClFN4O3.C17H15ClFN3O4.C17H18N4O5/c1-12-5-9-24-21-14(12)7-10-25(21)22-19(28)18(27)20(29-22)17(26)15-4-2-3-13-6-8-23-11-16(13)15;1-9-12-4-5-23(18(12)22-8-21-9)19-16(27)15(26)17(28-19)14(25)10-2-3-13(20)11(6-10)7-24;18-10-2-1-8(5-11(10)19)12(20)15-13(24)14(25)17(26-15)23-4-3-9-6-21-7-22-16(9)23;18-10-2-1-8(5-11(10)19)12(23)15-13(24)14(25)17(26-15)22-4-3-9-6-20-7-21-16(9)22;1-8-9-5-6-21(16(9)19-7-18-8)17-14(25)13(24)15(26-17)12(23)10-3-2-4-11(22)20-10/h2-5,7,9-10,17-20,22-23,26-28H,6,8,11H2,1H3;2-6,8,14-17,19,24-27H,7H2,1H3;1-7,12-15,17,24-25H,20H2;1-7,12-15,17,23-25H;2-7,12-15,17,23-25H,1H3,(H,20,22). The third kappa shape index (κ3) is 18.6. The van der Waals surface area contributed by atoms with Crippen molar-refractivity contribution in [2.75, 3.05) is 6.54 Å². The Morgan fingerprint density at radius 2 is 0.867 bits per heavy atom. The van der Waals surface area contributed by atoms with E-state index in [9.17, 15) is 94.6 Å². The lowest BCUT2D eigenvalue weighted by atomic mass is 9.90. The molecule has 135 heavy (non-hydrogen) atoms. The van der Waals surface area contributed by atoms with Gasteiger partial charge >= 0.3 is 0 Å². The number of H-pyrrole nitrogens is 1. The molecule has 15 aromatic rings. The number of ether oxygens (including phenoxy) is 5. The number of rotatable bonds is 16. The lowest BCUT2D eigenvalue weighted by molar-refractivity contribution is -0.0860. The van der Waals surface area contributed by atoms with Crippen LogP contribution >= 0.6 is 23.2 Å². The van der Waals surface area contributed by atoms with E-state index in [1.165, 1.54) is 85.5 Å². The van der Waals surface area contributed by atoms with Gasteiger partial charge in [-0.1, -0.05) is 65.7 Å². The summed E-state index contributed by atoms with van der Waals surface area (Å²) in [7, 11) is 0. The Morgan fingerprint density at radius 3 is 1.37 bits per heavy atom. The molecule has 5 saturated heterocycles. The number of nitrogens with zero attached hydrogens (tertiary/aromatic N) is 14. The number of fused-ring (bicyclic) bond motifs is 6. The lowest BCUT2D eigenvalue weighted by Gasteiger charge is -2.27. The SMILES string of the molecule is Cc1ccnc2c1ccn2C1OC(C(O)c2cccc3c2CNCC3)C(O)C1O.Cc1ncnc2c1ccn2C1OC(C(O)c2ccc(F)c(CO)c2)C(O)C1O.Cc1ncnc2c1ccn2C1OC(C(O)c2cccc(=O)[nH]2)C(O)C1O.NC(c1ccc(Cl)c(F)c1)C1OC(n2ccc3cncnc32)C(O)C1O.OC(c1ccc(Cl)c(F)c1)C1OC(n2ccc3cncnc32)C(O)C1O. The highest BCUT2D eigenvalue weighted by atomic mass is 35.5. The second kappa shape index (κ2) is 40.0. The second-order valence-electron chi connectivity index (χ2n) is 33.4. The number of aliphatic hydroxyl groups excluding tert-OH is 15. The molecule has 0 saturated carbocycles. The van der Waals surface area contributed by atoms with Gasteiger partial charge in [-0.2, -0.15) is 0 Å². The number of benzene rings is 4. The Labute approximate surface area is 773 Å². The minimum atomic E-state index is -1.39. The van der Waals surface area contributed by atoms with Crippen LogP contribution in [0.15, 0.2) is 207 Å². The highest BCUT2D eigenvalue weighted by Crippen LogP contribution is 2.45. The predicted octanol–water partition coefficient (Wildman–Crippen LogP) is 4.97. The fourth-order valence-corrected chi connectivity index (χ4v) is 18.1. The summed E-state index contributed by atoms with van der Waals surface area (Å²) >= 11 is 11.3. The van der Waals surface area contributed by atoms with Gasteiger partial charge in [0.1, 0.15) is 187 Å². The summed E-state index contributed by atoms with van der Waals surface area (Å²) < 4.78 is 78.2. The third-order valence-electron chi connectivity index (χ3n) is 25.2. The first-order chi connectivity index (χ1) is 64.9. The summed E-state index contributed by atoms with van der Waals surface area (Å²) in [4.78, 5) is 51.2. The number of halogens is 5. The molecule has 19 N–H and O–H groups in total. The third-order valence-corrected chi connectivity index (χ3v) is 25.8. The number of aryl methyl sites for hydroxylation is 3. The van der Waals surface area contributed by atoms with Crippen molar-refractivity contribution in [1.29, 1.82) is 0 Å². The molecule has 21 rings (SSSR count). The van der Waals surface area contributed by atoms with Crippen LogP contribution in [0.25, 0.3) is 55.2 Å². The van der Waals surface area contributed by atoms with E-state index in [2.05, 4.69) is 61.2 Å². The van der Waals surface area contributed by atoms with Crippen molar-refractivity contribution < 1.29 is 113 Å². The van der Waals surface area contributed by atoms with Crippen LogP contribution in [0.3, 0.4) is 0 Å². The maximum absolute atomic E-state index is 13.7. The molecule has 6 aliphatic heterocycles. The van der Waals surface area contributed by atoms with Crippen molar-refractivity contribution in [3.05, 3.63) is 302 Å². The van der Waals surface area contributed by atoms with Crippen molar-refractivity contribution >= 4 is 78.4 Å². The molecular formula is C92H94Cl2F3N17O21. The van der Waals surface area contributed by atoms with Crippen LogP contribution in [0.5, 0.6) is 0 Å². The Balaban J connectivity index is 0.000000117. The molecule has 4 aromatic carbocycles. The number of aromatic nitrogens is 15. The van der Waals surface area contributed by atoms with E-state index < -0.39 is 177 Å². The fourth-order valence-electron chi connectivity index (χ4n) is 17.8.